The fraction of sp³-hybridized carbons (Fsp3) is 0. The number of thiazole rings is 1. The van der Waals surface area contributed by atoms with Gasteiger partial charge in [-0.3, -0.25) is 10.1 Å². The number of primary amides is 1. The van der Waals surface area contributed by atoms with E-state index in [1.54, 1.807) is 18.3 Å². The summed E-state index contributed by atoms with van der Waals surface area (Å²) in [6.45, 7) is 0. The molecule has 4 rings (SSSR count). The van der Waals surface area contributed by atoms with Crippen molar-refractivity contribution in [2.24, 2.45) is 5.73 Å². The number of hydrogen-bond acceptors (Lipinski definition) is 5. The van der Waals surface area contributed by atoms with Crippen molar-refractivity contribution in [2.45, 2.75) is 0 Å². The lowest BCUT2D eigenvalue weighted by atomic mass is 9.99. The van der Waals surface area contributed by atoms with Crippen LogP contribution in [0.25, 0.3) is 21.6 Å². The lowest BCUT2D eigenvalue weighted by Gasteiger charge is -2.11. The molecule has 0 bridgehead atoms. The van der Waals surface area contributed by atoms with Crippen LogP contribution in [0, 0.1) is 0 Å². The van der Waals surface area contributed by atoms with Gasteiger partial charge in [0.15, 0.2) is 5.13 Å². The quantitative estimate of drug-likeness (QED) is 0.469. The van der Waals surface area contributed by atoms with E-state index in [9.17, 15) is 9.59 Å². The van der Waals surface area contributed by atoms with Gasteiger partial charge < -0.3 is 10.5 Å². The predicted molar refractivity (Wildman–Crippen MR) is 118 cm³/mol. The Hall–Kier alpha value is -3.97. The second kappa shape index (κ2) is 8.59. The van der Waals surface area contributed by atoms with E-state index in [2.05, 4.69) is 10.3 Å². The molecule has 1 heterocycles. The molecular formula is C23H17N3O3S. The Kier molecular flexibility index (Phi) is 5.54. The third-order valence-corrected chi connectivity index (χ3v) is 5.29. The molecule has 148 valence electrons. The molecule has 0 aliphatic heterocycles. The molecule has 7 heteroatoms. The molecule has 6 nitrogen and oxygen atoms in total. The van der Waals surface area contributed by atoms with Crippen LogP contribution in [0.5, 0.6) is 5.75 Å². The van der Waals surface area contributed by atoms with Gasteiger partial charge in [-0.1, -0.05) is 72.0 Å². The molecule has 4 aromatic rings. The first-order chi connectivity index (χ1) is 14.6. The van der Waals surface area contributed by atoms with Gasteiger partial charge >= 0.3 is 6.09 Å². The minimum atomic E-state index is -0.914. The SMILES string of the molecule is NC(=O)Oc1ccc(C(=O)Nc2ncc(-c3ccccc3)s2)c(-c2ccccc2)c1. The van der Waals surface area contributed by atoms with Gasteiger partial charge in [0.05, 0.1) is 4.88 Å². The number of nitrogens with one attached hydrogen (secondary N) is 1. The summed E-state index contributed by atoms with van der Waals surface area (Å²) in [7, 11) is 0. The Balaban J connectivity index is 1.64. The highest BCUT2D eigenvalue weighted by Crippen LogP contribution is 2.31. The molecule has 0 fully saturated rings. The van der Waals surface area contributed by atoms with Gasteiger partial charge in [-0.05, 0) is 34.9 Å². The topological polar surface area (TPSA) is 94.3 Å². The van der Waals surface area contributed by atoms with Crippen LogP contribution in [-0.4, -0.2) is 17.0 Å². The molecule has 0 atom stereocenters. The van der Waals surface area contributed by atoms with E-state index in [-0.39, 0.29) is 11.7 Å². The second-order valence-corrected chi connectivity index (χ2v) is 7.37. The zero-order chi connectivity index (χ0) is 20.9. The summed E-state index contributed by atoms with van der Waals surface area (Å²) in [5, 5.41) is 3.35. The maximum Gasteiger partial charge on any atom is 0.409 e. The van der Waals surface area contributed by atoms with Gasteiger partial charge in [0.2, 0.25) is 0 Å². The number of amides is 2. The van der Waals surface area contributed by atoms with E-state index in [1.807, 2.05) is 60.7 Å². The first-order valence-electron chi connectivity index (χ1n) is 9.09. The maximum absolute atomic E-state index is 13.0. The summed E-state index contributed by atoms with van der Waals surface area (Å²) in [6, 6.07) is 23.9. The first kappa shape index (κ1) is 19.4. The summed E-state index contributed by atoms with van der Waals surface area (Å²) >= 11 is 1.39. The number of ether oxygens (including phenoxy) is 1. The van der Waals surface area contributed by atoms with Crippen molar-refractivity contribution in [1.82, 2.24) is 4.98 Å². The fourth-order valence-electron chi connectivity index (χ4n) is 2.99. The molecule has 0 radical (unpaired) electrons. The molecule has 0 saturated carbocycles. The lowest BCUT2D eigenvalue weighted by molar-refractivity contribution is 0.102. The highest BCUT2D eigenvalue weighted by molar-refractivity contribution is 7.19. The van der Waals surface area contributed by atoms with Crippen molar-refractivity contribution < 1.29 is 14.3 Å². The van der Waals surface area contributed by atoms with Crippen LogP contribution in [0.3, 0.4) is 0 Å². The van der Waals surface area contributed by atoms with Crippen molar-refractivity contribution in [2.75, 3.05) is 5.32 Å². The number of carbonyl (C=O) groups is 2. The molecule has 1 aromatic heterocycles. The standard InChI is InChI=1S/C23H17N3O3S/c24-22(28)29-17-11-12-18(19(13-17)15-7-3-1-4-8-15)21(27)26-23-25-14-20(30-23)16-9-5-2-6-10-16/h1-14H,(H2,24,28)(H,25,26,27). The third-order valence-electron chi connectivity index (χ3n) is 4.32. The van der Waals surface area contributed by atoms with E-state index in [4.69, 9.17) is 10.5 Å². The number of aromatic nitrogens is 1. The molecule has 0 unspecified atom stereocenters. The monoisotopic (exact) mass is 415 g/mol. The average molecular weight is 415 g/mol. The van der Waals surface area contributed by atoms with Crippen molar-refractivity contribution in [3.8, 4) is 27.3 Å². The molecule has 0 aliphatic rings. The normalized spacial score (nSPS) is 10.4. The van der Waals surface area contributed by atoms with E-state index in [1.165, 1.54) is 17.4 Å². The molecule has 3 N–H and O–H groups in total. The number of benzene rings is 3. The second-order valence-electron chi connectivity index (χ2n) is 6.34. The number of anilines is 1. The molecule has 0 aliphatic carbocycles. The van der Waals surface area contributed by atoms with Crippen molar-refractivity contribution in [3.05, 3.63) is 90.6 Å². The smallest absolute Gasteiger partial charge is 0.409 e. The summed E-state index contributed by atoms with van der Waals surface area (Å²) in [5.74, 6) is -0.0491. The van der Waals surface area contributed by atoms with E-state index < -0.39 is 6.09 Å². The van der Waals surface area contributed by atoms with Crippen LogP contribution in [0.1, 0.15) is 10.4 Å². The highest BCUT2D eigenvalue weighted by atomic mass is 32.1. The molecule has 30 heavy (non-hydrogen) atoms. The van der Waals surface area contributed by atoms with Crippen LogP contribution in [0.4, 0.5) is 9.93 Å². The van der Waals surface area contributed by atoms with Gasteiger partial charge in [-0.2, -0.15) is 0 Å². The van der Waals surface area contributed by atoms with Crippen molar-refractivity contribution in [1.29, 1.82) is 0 Å². The first-order valence-corrected chi connectivity index (χ1v) is 9.91. The van der Waals surface area contributed by atoms with Crippen LogP contribution in [0.2, 0.25) is 0 Å². The Labute approximate surface area is 177 Å². The number of rotatable bonds is 5. The Morgan fingerprint density at radius 3 is 2.23 bits per heavy atom. The molecular weight excluding hydrogens is 398 g/mol. The van der Waals surface area contributed by atoms with Gasteiger partial charge in [0, 0.05) is 11.8 Å². The van der Waals surface area contributed by atoms with E-state index in [0.717, 1.165) is 16.0 Å². The molecule has 3 aromatic carbocycles. The fourth-order valence-corrected chi connectivity index (χ4v) is 3.81. The number of hydrogen-bond donors (Lipinski definition) is 2. The Morgan fingerprint density at radius 2 is 1.57 bits per heavy atom. The van der Waals surface area contributed by atoms with Crippen LogP contribution in [0.15, 0.2) is 85.1 Å². The van der Waals surface area contributed by atoms with E-state index >= 15 is 0 Å². The number of nitrogens with zero attached hydrogens (tertiary/aromatic N) is 1. The van der Waals surface area contributed by atoms with Crippen molar-refractivity contribution in [3.63, 3.8) is 0 Å². The summed E-state index contributed by atoms with van der Waals surface area (Å²) in [5.41, 5.74) is 8.00. The minimum Gasteiger partial charge on any atom is -0.410 e. The van der Waals surface area contributed by atoms with Crippen LogP contribution >= 0.6 is 11.3 Å². The molecule has 0 spiro atoms. The predicted octanol–water partition coefficient (Wildman–Crippen LogP) is 5.19. The molecule has 0 saturated heterocycles. The van der Waals surface area contributed by atoms with Gasteiger partial charge in [0.1, 0.15) is 5.75 Å². The average Bonchev–Trinajstić information content (AvgIpc) is 3.23. The zero-order valence-electron chi connectivity index (χ0n) is 15.7. The van der Waals surface area contributed by atoms with Crippen LogP contribution in [-0.2, 0) is 0 Å². The Morgan fingerprint density at radius 1 is 0.900 bits per heavy atom. The third kappa shape index (κ3) is 4.37. The van der Waals surface area contributed by atoms with Gasteiger partial charge in [-0.15, -0.1) is 0 Å². The van der Waals surface area contributed by atoms with Gasteiger partial charge in [-0.25, -0.2) is 9.78 Å². The summed E-state index contributed by atoms with van der Waals surface area (Å²) < 4.78 is 4.98. The molecule has 2 amide bonds. The maximum atomic E-state index is 13.0. The summed E-state index contributed by atoms with van der Waals surface area (Å²) in [6.07, 6.45) is 0.819. The van der Waals surface area contributed by atoms with Crippen molar-refractivity contribution >= 4 is 28.5 Å². The Bertz CT molecular complexity index is 1190. The number of carbonyl (C=O) groups excluding carboxylic acids is 2. The van der Waals surface area contributed by atoms with E-state index in [0.29, 0.717) is 16.3 Å². The number of nitrogens with two attached hydrogens (primary N) is 1. The minimum absolute atomic E-state index is 0.263. The van der Waals surface area contributed by atoms with Gasteiger partial charge in [0.25, 0.3) is 5.91 Å². The largest absolute Gasteiger partial charge is 0.410 e. The lowest BCUT2D eigenvalue weighted by Crippen LogP contribution is -2.17. The zero-order valence-corrected chi connectivity index (χ0v) is 16.6. The van der Waals surface area contributed by atoms with Crippen LogP contribution < -0.4 is 15.8 Å². The summed E-state index contributed by atoms with van der Waals surface area (Å²) in [4.78, 5) is 29.4. The highest BCUT2D eigenvalue weighted by Gasteiger charge is 2.16.